The standard InChI is InChI=1S/C15H15N3O/c1-10-4-5-13-12(7-10)8-14(19-13)15(18-16)11-3-2-6-17-9-11/h2-9,15,18H,16H2,1H3. The summed E-state index contributed by atoms with van der Waals surface area (Å²) in [5.74, 6) is 6.44. The first-order chi connectivity index (χ1) is 9.28. The molecule has 0 amide bonds. The van der Waals surface area contributed by atoms with Crippen molar-refractivity contribution in [2.75, 3.05) is 0 Å². The van der Waals surface area contributed by atoms with Crippen molar-refractivity contribution in [1.82, 2.24) is 10.4 Å². The van der Waals surface area contributed by atoms with E-state index >= 15 is 0 Å². The number of fused-ring (bicyclic) bond motifs is 1. The second-order valence-electron chi connectivity index (χ2n) is 4.58. The summed E-state index contributed by atoms with van der Waals surface area (Å²) in [4.78, 5) is 4.11. The first-order valence-corrected chi connectivity index (χ1v) is 6.14. The van der Waals surface area contributed by atoms with Gasteiger partial charge in [0.15, 0.2) is 0 Å². The normalized spacial score (nSPS) is 12.7. The lowest BCUT2D eigenvalue weighted by atomic mass is 10.1. The molecule has 0 saturated carbocycles. The van der Waals surface area contributed by atoms with Crippen LogP contribution < -0.4 is 11.3 Å². The highest BCUT2D eigenvalue weighted by atomic mass is 16.3. The highest BCUT2D eigenvalue weighted by molar-refractivity contribution is 5.78. The van der Waals surface area contributed by atoms with Gasteiger partial charge < -0.3 is 4.42 Å². The second-order valence-corrected chi connectivity index (χ2v) is 4.58. The summed E-state index contributed by atoms with van der Waals surface area (Å²) >= 11 is 0. The summed E-state index contributed by atoms with van der Waals surface area (Å²) in [6.07, 6.45) is 3.52. The quantitative estimate of drug-likeness (QED) is 0.556. The van der Waals surface area contributed by atoms with E-state index in [9.17, 15) is 0 Å². The summed E-state index contributed by atoms with van der Waals surface area (Å²) in [6.45, 7) is 2.06. The zero-order chi connectivity index (χ0) is 13.2. The maximum absolute atomic E-state index is 5.86. The molecule has 0 saturated heterocycles. The monoisotopic (exact) mass is 253 g/mol. The van der Waals surface area contributed by atoms with Crippen LogP contribution in [0.4, 0.5) is 0 Å². The third-order valence-electron chi connectivity index (χ3n) is 3.16. The van der Waals surface area contributed by atoms with Crippen LogP contribution in [0.25, 0.3) is 11.0 Å². The number of hydrogen-bond acceptors (Lipinski definition) is 4. The number of rotatable bonds is 3. The lowest BCUT2D eigenvalue weighted by Crippen LogP contribution is -2.28. The van der Waals surface area contributed by atoms with Crippen molar-refractivity contribution >= 4 is 11.0 Å². The fourth-order valence-corrected chi connectivity index (χ4v) is 2.21. The molecule has 4 heteroatoms. The van der Waals surface area contributed by atoms with E-state index in [4.69, 9.17) is 10.3 Å². The van der Waals surface area contributed by atoms with E-state index in [1.807, 2.05) is 30.3 Å². The Morgan fingerprint density at radius 1 is 1.26 bits per heavy atom. The van der Waals surface area contributed by atoms with Crippen molar-refractivity contribution in [3.05, 3.63) is 65.7 Å². The van der Waals surface area contributed by atoms with Gasteiger partial charge in [-0.3, -0.25) is 10.8 Å². The van der Waals surface area contributed by atoms with Crippen LogP contribution in [0.5, 0.6) is 0 Å². The minimum atomic E-state index is -0.193. The molecule has 19 heavy (non-hydrogen) atoms. The molecule has 3 aromatic rings. The van der Waals surface area contributed by atoms with Gasteiger partial charge in [0.1, 0.15) is 17.4 Å². The molecule has 96 valence electrons. The van der Waals surface area contributed by atoms with E-state index < -0.39 is 0 Å². The molecule has 0 aliphatic rings. The third kappa shape index (κ3) is 2.23. The lowest BCUT2D eigenvalue weighted by molar-refractivity contribution is 0.476. The average Bonchev–Trinajstić information content (AvgIpc) is 2.83. The molecule has 0 spiro atoms. The molecular formula is C15H15N3O. The van der Waals surface area contributed by atoms with Gasteiger partial charge in [-0.05, 0) is 36.8 Å². The van der Waals surface area contributed by atoms with Crippen molar-refractivity contribution in [1.29, 1.82) is 0 Å². The van der Waals surface area contributed by atoms with Gasteiger partial charge in [-0.25, -0.2) is 5.43 Å². The Labute approximate surface area is 111 Å². The zero-order valence-corrected chi connectivity index (χ0v) is 10.6. The van der Waals surface area contributed by atoms with Gasteiger partial charge in [0.25, 0.3) is 0 Å². The molecule has 0 aliphatic carbocycles. The van der Waals surface area contributed by atoms with E-state index in [0.717, 1.165) is 22.3 Å². The fraction of sp³-hybridized carbons (Fsp3) is 0.133. The van der Waals surface area contributed by atoms with Crippen LogP contribution in [-0.2, 0) is 0 Å². The Balaban J connectivity index is 2.07. The Kier molecular flexibility index (Phi) is 3.03. The maximum atomic E-state index is 5.86. The largest absolute Gasteiger partial charge is 0.459 e. The molecule has 1 unspecified atom stereocenters. The smallest absolute Gasteiger partial charge is 0.134 e. The van der Waals surface area contributed by atoms with Crippen LogP contribution in [0, 0.1) is 6.92 Å². The topological polar surface area (TPSA) is 64.1 Å². The van der Waals surface area contributed by atoms with Crippen LogP contribution in [0.2, 0.25) is 0 Å². The lowest BCUT2D eigenvalue weighted by Gasteiger charge is -2.12. The summed E-state index contributed by atoms with van der Waals surface area (Å²) in [7, 11) is 0. The molecule has 1 atom stereocenters. The van der Waals surface area contributed by atoms with Crippen LogP contribution in [0.1, 0.15) is 22.9 Å². The van der Waals surface area contributed by atoms with Crippen LogP contribution in [-0.4, -0.2) is 4.98 Å². The third-order valence-corrected chi connectivity index (χ3v) is 3.16. The average molecular weight is 253 g/mol. The number of nitrogens with one attached hydrogen (secondary N) is 1. The van der Waals surface area contributed by atoms with Gasteiger partial charge in [-0.15, -0.1) is 0 Å². The van der Waals surface area contributed by atoms with Crippen molar-refractivity contribution in [3.63, 3.8) is 0 Å². The number of pyridine rings is 1. The van der Waals surface area contributed by atoms with Crippen LogP contribution in [0.3, 0.4) is 0 Å². The van der Waals surface area contributed by atoms with E-state index in [1.165, 1.54) is 5.56 Å². The number of benzene rings is 1. The first kappa shape index (κ1) is 11.9. The number of hydrazine groups is 1. The maximum Gasteiger partial charge on any atom is 0.134 e. The van der Waals surface area contributed by atoms with E-state index in [-0.39, 0.29) is 6.04 Å². The van der Waals surface area contributed by atoms with E-state index in [1.54, 1.807) is 12.4 Å². The van der Waals surface area contributed by atoms with Gasteiger partial charge in [0.2, 0.25) is 0 Å². The Morgan fingerprint density at radius 3 is 2.89 bits per heavy atom. The molecule has 3 N–H and O–H groups in total. The molecule has 2 heterocycles. The van der Waals surface area contributed by atoms with Gasteiger partial charge in [-0.2, -0.15) is 0 Å². The molecule has 4 nitrogen and oxygen atoms in total. The Hall–Kier alpha value is -2.17. The van der Waals surface area contributed by atoms with Gasteiger partial charge >= 0.3 is 0 Å². The SMILES string of the molecule is Cc1ccc2oc(C(NN)c3cccnc3)cc2c1. The minimum Gasteiger partial charge on any atom is -0.459 e. The molecule has 0 radical (unpaired) electrons. The van der Waals surface area contributed by atoms with Crippen LogP contribution in [0.15, 0.2) is 53.2 Å². The van der Waals surface area contributed by atoms with Gasteiger partial charge in [0.05, 0.1) is 0 Å². The zero-order valence-electron chi connectivity index (χ0n) is 10.6. The predicted octanol–water partition coefficient (Wildman–Crippen LogP) is 2.69. The molecular weight excluding hydrogens is 238 g/mol. The summed E-state index contributed by atoms with van der Waals surface area (Å²) in [5.41, 5.74) is 5.82. The van der Waals surface area contributed by atoms with Gasteiger partial charge in [-0.1, -0.05) is 17.7 Å². The summed E-state index contributed by atoms with van der Waals surface area (Å²) in [6, 6.07) is 11.8. The van der Waals surface area contributed by atoms with Crippen molar-refractivity contribution in [2.45, 2.75) is 13.0 Å². The molecule has 0 aliphatic heterocycles. The Morgan fingerprint density at radius 2 is 2.16 bits per heavy atom. The number of nitrogens with zero attached hydrogens (tertiary/aromatic N) is 1. The number of furan rings is 1. The molecule has 2 aromatic heterocycles. The van der Waals surface area contributed by atoms with E-state index in [0.29, 0.717) is 0 Å². The van der Waals surface area contributed by atoms with Crippen LogP contribution >= 0.6 is 0 Å². The second kappa shape index (κ2) is 4.84. The fourth-order valence-electron chi connectivity index (χ4n) is 2.21. The van der Waals surface area contributed by atoms with Crippen molar-refractivity contribution < 1.29 is 4.42 Å². The molecule has 3 rings (SSSR count). The minimum absolute atomic E-state index is 0.193. The van der Waals surface area contributed by atoms with Crippen molar-refractivity contribution in [3.8, 4) is 0 Å². The highest BCUT2D eigenvalue weighted by Gasteiger charge is 2.17. The Bertz CT molecular complexity index is 691. The molecule has 0 fully saturated rings. The van der Waals surface area contributed by atoms with E-state index in [2.05, 4.69) is 23.4 Å². The number of aromatic nitrogens is 1. The number of nitrogens with two attached hydrogens (primary N) is 1. The summed E-state index contributed by atoms with van der Waals surface area (Å²) < 4.78 is 5.86. The highest BCUT2D eigenvalue weighted by Crippen LogP contribution is 2.27. The number of hydrogen-bond donors (Lipinski definition) is 2. The summed E-state index contributed by atoms with van der Waals surface area (Å²) in [5, 5.41) is 1.08. The van der Waals surface area contributed by atoms with Crippen molar-refractivity contribution in [2.24, 2.45) is 5.84 Å². The predicted molar refractivity (Wildman–Crippen MR) is 74.4 cm³/mol. The van der Waals surface area contributed by atoms with Gasteiger partial charge in [0, 0.05) is 17.8 Å². The number of aryl methyl sites for hydroxylation is 1. The molecule has 1 aromatic carbocycles. The first-order valence-electron chi connectivity index (χ1n) is 6.14. The molecule has 0 bridgehead atoms.